The first-order valence-electron chi connectivity index (χ1n) is 8.25. The topological polar surface area (TPSA) is 54.5 Å². The molecular weight excluding hydrogens is 321 g/mol. The second kappa shape index (κ2) is 8.46. The maximum absolute atomic E-state index is 14.0. The van der Waals surface area contributed by atoms with E-state index >= 15 is 0 Å². The number of rotatable bonds is 6. The number of nitrogens with zero attached hydrogens (tertiary/aromatic N) is 2. The number of carbonyl (C=O) groups excluding carboxylic acids is 1. The summed E-state index contributed by atoms with van der Waals surface area (Å²) < 4.78 is 19.4. The van der Waals surface area contributed by atoms with Crippen LogP contribution in [0.2, 0.25) is 0 Å². The van der Waals surface area contributed by atoms with Crippen LogP contribution in [0, 0.1) is 5.82 Å². The van der Waals surface area contributed by atoms with E-state index in [0.717, 1.165) is 5.69 Å². The summed E-state index contributed by atoms with van der Waals surface area (Å²) >= 11 is 0. The van der Waals surface area contributed by atoms with E-state index in [0.29, 0.717) is 5.56 Å². The van der Waals surface area contributed by atoms with Gasteiger partial charge in [-0.1, -0.05) is 12.1 Å². The van der Waals surface area contributed by atoms with E-state index in [1.807, 2.05) is 39.0 Å². The van der Waals surface area contributed by atoms with Gasteiger partial charge in [0.1, 0.15) is 0 Å². The fourth-order valence-corrected chi connectivity index (χ4v) is 2.30. The molecule has 6 heteroatoms. The Hall–Kier alpha value is -2.63. The van der Waals surface area contributed by atoms with Crippen molar-refractivity contribution in [2.75, 3.05) is 7.05 Å². The molecule has 5 nitrogen and oxygen atoms in total. The Morgan fingerprint density at radius 2 is 2.04 bits per heavy atom. The molecule has 1 N–H and O–H groups in total. The summed E-state index contributed by atoms with van der Waals surface area (Å²) in [6, 6.07) is 9.87. The Kier molecular flexibility index (Phi) is 6.33. The zero-order chi connectivity index (χ0) is 18.4. The molecule has 0 aliphatic rings. The van der Waals surface area contributed by atoms with Crippen molar-refractivity contribution in [2.45, 2.75) is 39.5 Å². The summed E-state index contributed by atoms with van der Waals surface area (Å²) in [6.07, 6.45) is 1.60. The predicted molar refractivity (Wildman–Crippen MR) is 94.8 cm³/mol. The third-order valence-electron chi connectivity index (χ3n) is 3.82. The van der Waals surface area contributed by atoms with E-state index in [9.17, 15) is 9.18 Å². The quantitative estimate of drug-likeness (QED) is 0.863. The number of hydrogen-bond donors (Lipinski definition) is 1. The number of hydrogen-bond acceptors (Lipinski definition) is 3. The van der Waals surface area contributed by atoms with Crippen LogP contribution >= 0.6 is 0 Å². The molecule has 0 fully saturated rings. The molecule has 0 aliphatic heterocycles. The molecular formula is C19H24FN3O2. The second-order valence-corrected chi connectivity index (χ2v) is 6.13. The van der Waals surface area contributed by atoms with Crippen LogP contribution in [-0.4, -0.2) is 29.1 Å². The monoisotopic (exact) mass is 345 g/mol. The van der Waals surface area contributed by atoms with Gasteiger partial charge in [0, 0.05) is 19.8 Å². The first-order valence-corrected chi connectivity index (χ1v) is 8.25. The molecule has 0 unspecified atom stereocenters. The Morgan fingerprint density at radius 1 is 1.28 bits per heavy atom. The average Bonchev–Trinajstić information content (AvgIpc) is 2.61. The third kappa shape index (κ3) is 5.17. The first kappa shape index (κ1) is 18.7. The van der Waals surface area contributed by atoms with Crippen LogP contribution in [-0.2, 0) is 6.54 Å². The number of nitrogens with one attached hydrogen (secondary N) is 1. The van der Waals surface area contributed by atoms with Crippen LogP contribution in [0.3, 0.4) is 0 Å². The summed E-state index contributed by atoms with van der Waals surface area (Å²) in [5.74, 6) is -0.221. The SMILES string of the molecule is CC(C)Oc1ccc(CNC(=O)N(C)[C@@H](C)c2ccccn2)cc1F. The molecule has 1 atom stereocenters. The fourth-order valence-electron chi connectivity index (χ4n) is 2.30. The van der Waals surface area contributed by atoms with Gasteiger partial charge in [-0.05, 0) is 50.6 Å². The van der Waals surface area contributed by atoms with Crippen molar-refractivity contribution >= 4 is 6.03 Å². The van der Waals surface area contributed by atoms with Crippen LogP contribution in [0.15, 0.2) is 42.6 Å². The second-order valence-electron chi connectivity index (χ2n) is 6.13. The molecule has 0 bridgehead atoms. The van der Waals surface area contributed by atoms with Gasteiger partial charge in [0.25, 0.3) is 0 Å². The van der Waals surface area contributed by atoms with Crippen LogP contribution in [0.5, 0.6) is 5.75 Å². The zero-order valence-corrected chi connectivity index (χ0v) is 15.0. The van der Waals surface area contributed by atoms with Gasteiger partial charge >= 0.3 is 6.03 Å². The van der Waals surface area contributed by atoms with E-state index in [1.165, 1.54) is 6.07 Å². The van der Waals surface area contributed by atoms with Gasteiger partial charge < -0.3 is 15.0 Å². The summed E-state index contributed by atoms with van der Waals surface area (Å²) in [4.78, 5) is 18.1. The van der Waals surface area contributed by atoms with Crippen LogP contribution < -0.4 is 10.1 Å². The average molecular weight is 345 g/mol. The minimum Gasteiger partial charge on any atom is -0.488 e. The number of urea groups is 1. The van der Waals surface area contributed by atoms with Gasteiger partial charge in [0.05, 0.1) is 17.8 Å². The Morgan fingerprint density at radius 3 is 2.64 bits per heavy atom. The largest absolute Gasteiger partial charge is 0.488 e. The highest BCUT2D eigenvalue weighted by Gasteiger charge is 2.18. The van der Waals surface area contributed by atoms with Crippen LogP contribution in [0.1, 0.15) is 38.1 Å². The van der Waals surface area contributed by atoms with Crippen LogP contribution in [0.4, 0.5) is 9.18 Å². The lowest BCUT2D eigenvalue weighted by atomic mass is 10.2. The predicted octanol–water partition coefficient (Wildman–Crippen LogP) is 3.91. The van der Waals surface area contributed by atoms with Gasteiger partial charge in [-0.3, -0.25) is 4.98 Å². The normalized spacial score (nSPS) is 11.9. The third-order valence-corrected chi connectivity index (χ3v) is 3.82. The molecule has 1 heterocycles. The maximum Gasteiger partial charge on any atom is 0.317 e. The molecule has 0 aliphatic carbocycles. The van der Waals surface area contributed by atoms with Crippen molar-refractivity contribution in [3.63, 3.8) is 0 Å². The van der Waals surface area contributed by atoms with Gasteiger partial charge in [-0.25, -0.2) is 9.18 Å². The number of carbonyl (C=O) groups is 1. The Balaban J connectivity index is 1.94. The standard InChI is InChI=1S/C19H24FN3O2/c1-13(2)25-18-9-8-15(11-16(18)20)12-22-19(24)23(4)14(3)17-7-5-6-10-21-17/h5-11,13-14H,12H2,1-4H3,(H,22,24)/t14-/m0/s1. The van der Waals surface area contributed by atoms with Gasteiger partial charge in [0.15, 0.2) is 11.6 Å². The fraction of sp³-hybridized carbons (Fsp3) is 0.368. The lowest BCUT2D eigenvalue weighted by Gasteiger charge is -2.24. The molecule has 1 aromatic carbocycles. The van der Waals surface area contributed by atoms with Gasteiger partial charge in [0.2, 0.25) is 0 Å². The van der Waals surface area contributed by atoms with Crippen molar-refractivity contribution in [1.82, 2.24) is 15.2 Å². The summed E-state index contributed by atoms with van der Waals surface area (Å²) in [7, 11) is 1.70. The molecule has 0 saturated heterocycles. The number of pyridine rings is 1. The molecule has 0 radical (unpaired) electrons. The highest BCUT2D eigenvalue weighted by atomic mass is 19.1. The molecule has 25 heavy (non-hydrogen) atoms. The lowest BCUT2D eigenvalue weighted by Crippen LogP contribution is -2.38. The minimum atomic E-state index is -0.435. The number of ether oxygens (including phenoxy) is 1. The number of aromatic nitrogens is 1. The highest BCUT2D eigenvalue weighted by Crippen LogP contribution is 2.20. The molecule has 2 amide bonds. The van der Waals surface area contributed by atoms with Crippen molar-refractivity contribution in [1.29, 1.82) is 0 Å². The maximum atomic E-state index is 14.0. The summed E-state index contributed by atoms with van der Waals surface area (Å²) in [5.41, 5.74) is 1.47. The molecule has 0 saturated carbocycles. The molecule has 134 valence electrons. The molecule has 2 aromatic rings. The smallest absolute Gasteiger partial charge is 0.317 e. The van der Waals surface area contributed by atoms with Gasteiger partial charge in [-0.15, -0.1) is 0 Å². The Labute approximate surface area is 147 Å². The van der Waals surface area contributed by atoms with Crippen molar-refractivity contribution < 1.29 is 13.9 Å². The molecule has 1 aromatic heterocycles. The molecule has 0 spiro atoms. The Bertz CT molecular complexity index is 707. The molecule has 2 rings (SSSR count). The van der Waals surface area contributed by atoms with E-state index in [-0.39, 0.29) is 30.5 Å². The van der Waals surface area contributed by atoms with E-state index in [2.05, 4.69) is 10.3 Å². The zero-order valence-electron chi connectivity index (χ0n) is 15.0. The van der Waals surface area contributed by atoms with E-state index < -0.39 is 5.82 Å². The number of amides is 2. The lowest BCUT2D eigenvalue weighted by molar-refractivity contribution is 0.193. The minimum absolute atomic E-state index is 0.0956. The first-order chi connectivity index (χ1) is 11.9. The van der Waals surface area contributed by atoms with Crippen molar-refractivity contribution in [2.24, 2.45) is 0 Å². The van der Waals surface area contributed by atoms with Crippen molar-refractivity contribution in [3.8, 4) is 5.75 Å². The number of benzene rings is 1. The van der Waals surface area contributed by atoms with Crippen LogP contribution in [0.25, 0.3) is 0 Å². The summed E-state index contributed by atoms with van der Waals surface area (Å²) in [5, 5.41) is 2.79. The summed E-state index contributed by atoms with van der Waals surface area (Å²) in [6.45, 7) is 5.81. The van der Waals surface area contributed by atoms with Gasteiger partial charge in [-0.2, -0.15) is 0 Å². The number of halogens is 1. The van der Waals surface area contributed by atoms with E-state index in [1.54, 1.807) is 30.3 Å². The van der Waals surface area contributed by atoms with E-state index in [4.69, 9.17) is 4.74 Å². The highest BCUT2D eigenvalue weighted by molar-refractivity contribution is 5.74. The van der Waals surface area contributed by atoms with Crippen molar-refractivity contribution in [3.05, 3.63) is 59.7 Å².